The summed E-state index contributed by atoms with van der Waals surface area (Å²) in [5.41, 5.74) is 8.57. The van der Waals surface area contributed by atoms with E-state index in [9.17, 15) is 13.2 Å². The molecule has 3 aromatic rings. The number of amides is 1. The van der Waals surface area contributed by atoms with Crippen molar-refractivity contribution in [3.8, 4) is 11.4 Å². The van der Waals surface area contributed by atoms with Crippen LogP contribution in [0, 0.1) is 12.8 Å². The molecule has 1 amide bonds. The highest BCUT2D eigenvalue weighted by Gasteiger charge is 2.39. The second-order valence-corrected chi connectivity index (χ2v) is 11.7. The number of anilines is 2. The van der Waals surface area contributed by atoms with Gasteiger partial charge in [-0.1, -0.05) is 6.92 Å². The van der Waals surface area contributed by atoms with Crippen molar-refractivity contribution in [3.63, 3.8) is 0 Å². The normalized spacial score (nSPS) is 17.1. The van der Waals surface area contributed by atoms with Crippen molar-refractivity contribution < 1.29 is 17.9 Å². The number of hydrogen-bond donors (Lipinski definition) is 2. The molecule has 1 saturated heterocycles. The molecule has 1 aliphatic rings. The van der Waals surface area contributed by atoms with Gasteiger partial charge in [-0.3, -0.25) is 4.79 Å². The first-order chi connectivity index (χ1) is 17.4. The Balaban J connectivity index is 1.80. The number of sulfonamides is 1. The molecule has 0 spiro atoms. The van der Waals surface area contributed by atoms with Gasteiger partial charge in [0.05, 0.1) is 29.3 Å². The van der Waals surface area contributed by atoms with Crippen molar-refractivity contribution in [2.45, 2.75) is 51.2 Å². The minimum atomic E-state index is -4.26. The number of carbonyl (C=O) groups excluding carboxylic acids is 1. The van der Waals surface area contributed by atoms with Crippen molar-refractivity contribution in [3.05, 3.63) is 59.4 Å². The second-order valence-electron chi connectivity index (χ2n) is 10.1. The van der Waals surface area contributed by atoms with Gasteiger partial charge in [0.15, 0.2) is 0 Å². The maximum absolute atomic E-state index is 13.4. The average Bonchev–Trinajstić information content (AvgIpc) is 3.10. The molecule has 1 aliphatic heterocycles. The molecule has 11 heteroatoms. The number of nitrogens with zero attached hydrogens (tertiary/aromatic N) is 4. The Morgan fingerprint density at radius 2 is 1.97 bits per heavy atom. The maximum Gasteiger partial charge on any atom is 0.268 e. The molecule has 1 fully saturated rings. The van der Waals surface area contributed by atoms with Crippen LogP contribution in [0.4, 0.5) is 11.6 Å². The van der Waals surface area contributed by atoms with Crippen LogP contribution in [0.5, 0.6) is 0 Å². The van der Waals surface area contributed by atoms with Gasteiger partial charge in [-0.2, -0.15) is 0 Å². The van der Waals surface area contributed by atoms with Crippen molar-refractivity contribution in [2.75, 3.05) is 24.3 Å². The van der Waals surface area contributed by atoms with Gasteiger partial charge >= 0.3 is 0 Å². The number of carbonyl (C=O) groups is 1. The summed E-state index contributed by atoms with van der Waals surface area (Å²) in [6.45, 7) is 9.30. The largest absolute Gasteiger partial charge is 0.383 e. The molecule has 0 saturated carbocycles. The highest BCUT2D eigenvalue weighted by Crippen LogP contribution is 2.38. The van der Waals surface area contributed by atoms with Gasteiger partial charge in [-0.05, 0) is 75.1 Å². The van der Waals surface area contributed by atoms with Crippen molar-refractivity contribution in [1.29, 1.82) is 0 Å². The number of nitrogen functional groups attached to an aromatic ring is 1. The second kappa shape index (κ2) is 10.1. The van der Waals surface area contributed by atoms with Crippen molar-refractivity contribution in [1.82, 2.24) is 19.7 Å². The lowest BCUT2D eigenvalue weighted by Gasteiger charge is -2.34. The molecule has 37 heavy (non-hydrogen) atoms. The highest BCUT2D eigenvalue weighted by atomic mass is 32.2. The van der Waals surface area contributed by atoms with E-state index in [0.29, 0.717) is 36.3 Å². The molecule has 0 aromatic carbocycles. The molecule has 0 aliphatic carbocycles. The van der Waals surface area contributed by atoms with Crippen LogP contribution < -0.4 is 15.4 Å². The third-order valence-electron chi connectivity index (χ3n) is 6.34. The summed E-state index contributed by atoms with van der Waals surface area (Å²) in [5.74, 6) is -0.232. The Hall–Kier alpha value is -3.57. The quantitative estimate of drug-likeness (QED) is 0.476. The highest BCUT2D eigenvalue weighted by molar-refractivity contribution is 7.90. The first-order valence-corrected chi connectivity index (χ1v) is 13.4. The van der Waals surface area contributed by atoms with Gasteiger partial charge in [0.25, 0.3) is 15.9 Å². The van der Waals surface area contributed by atoms with E-state index >= 15 is 0 Å². The summed E-state index contributed by atoms with van der Waals surface area (Å²) in [6, 6.07) is 9.86. The van der Waals surface area contributed by atoms with Gasteiger partial charge in [-0.25, -0.2) is 28.1 Å². The monoisotopic (exact) mass is 524 g/mol. The SMILES string of the molecule is COCc1cc(C)cc(-c2ccc(C(=O)NS(=O)(=O)c3cccnc3N)c(N3C[C@@H](C)CC3(C)C)n2)n1. The molecule has 1 atom stereocenters. The van der Waals surface area contributed by atoms with E-state index in [4.69, 9.17) is 15.5 Å². The standard InChI is InChI=1S/C26H32N6O4S/c1-16-11-18(15-36-5)29-21(12-16)20-9-8-19(24(30-20)32-14-17(2)13-26(32,3)4)25(33)31-37(34,35)22-7-6-10-28-23(22)27/h6-12,17H,13-15H2,1-5H3,(H2,27,28)(H,31,33)/t17-/m0/s1. The molecule has 4 heterocycles. The minimum absolute atomic E-state index is 0.140. The van der Waals surface area contributed by atoms with E-state index in [1.165, 1.54) is 18.3 Å². The van der Waals surface area contributed by atoms with E-state index in [1.807, 2.05) is 19.1 Å². The number of methoxy groups -OCH3 is 1. The average molecular weight is 525 g/mol. The van der Waals surface area contributed by atoms with E-state index < -0.39 is 15.9 Å². The summed E-state index contributed by atoms with van der Waals surface area (Å²) in [4.78, 5) is 28.6. The lowest BCUT2D eigenvalue weighted by atomic mass is 9.97. The molecule has 0 unspecified atom stereocenters. The third kappa shape index (κ3) is 5.57. The zero-order chi connectivity index (χ0) is 27.0. The Morgan fingerprint density at radius 3 is 2.62 bits per heavy atom. The first kappa shape index (κ1) is 26.5. The van der Waals surface area contributed by atoms with Crippen LogP contribution >= 0.6 is 0 Å². The summed E-state index contributed by atoms with van der Waals surface area (Å²) < 4.78 is 33.3. The van der Waals surface area contributed by atoms with Crippen LogP contribution in [0.1, 0.15) is 48.8 Å². The lowest BCUT2D eigenvalue weighted by molar-refractivity contribution is 0.0981. The predicted molar refractivity (Wildman–Crippen MR) is 141 cm³/mol. The van der Waals surface area contributed by atoms with E-state index in [0.717, 1.165) is 17.7 Å². The van der Waals surface area contributed by atoms with Crippen LogP contribution in [0.25, 0.3) is 11.4 Å². The zero-order valence-corrected chi connectivity index (χ0v) is 22.5. The van der Waals surface area contributed by atoms with Crippen LogP contribution in [0.3, 0.4) is 0 Å². The van der Waals surface area contributed by atoms with Crippen LogP contribution in [-0.2, 0) is 21.4 Å². The van der Waals surface area contributed by atoms with E-state index in [1.54, 1.807) is 19.2 Å². The summed E-state index contributed by atoms with van der Waals surface area (Å²) in [7, 11) is -2.65. The summed E-state index contributed by atoms with van der Waals surface area (Å²) in [5, 5.41) is 0. The number of nitrogens with one attached hydrogen (secondary N) is 1. The zero-order valence-electron chi connectivity index (χ0n) is 21.6. The Morgan fingerprint density at radius 1 is 1.22 bits per heavy atom. The fourth-order valence-electron chi connectivity index (χ4n) is 4.89. The van der Waals surface area contributed by atoms with Crippen LogP contribution in [0.15, 0.2) is 47.5 Å². The van der Waals surface area contributed by atoms with Gasteiger partial charge in [0.2, 0.25) is 0 Å². The summed E-state index contributed by atoms with van der Waals surface area (Å²) >= 11 is 0. The van der Waals surface area contributed by atoms with Gasteiger partial charge in [0, 0.05) is 25.4 Å². The summed E-state index contributed by atoms with van der Waals surface area (Å²) in [6.07, 6.45) is 2.27. The number of rotatable bonds is 7. The lowest BCUT2D eigenvalue weighted by Crippen LogP contribution is -2.41. The van der Waals surface area contributed by atoms with E-state index in [-0.39, 0.29) is 21.8 Å². The molecule has 0 bridgehead atoms. The van der Waals surface area contributed by atoms with Gasteiger partial charge in [-0.15, -0.1) is 0 Å². The van der Waals surface area contributed by atoms with Crippen LogP contribution in [-0.4, -0.2) is 48.5 Å². The number of nitrogens with two attached hydrogens (primary N) is 1. The van der Waals surface area contributed by atoms with Gasteiger partial charge in [0.1, 0.15) is 16.5 Å². The molecule has 4 rings (SSSR count). The Labute approximate surface area is 217 Å². The Kier molecular flexibility index (Phi) is 7.20. The van der Waals surface area contributed by atoms with E-state index in [2.05, 4.69) is 40.4 Å². The minimum Gasteiger partial charge on any atom is -0.383 e. The molecule has 196 valence electrons. The topological polar surface area (TPSA) is 140 Å². The number of ether oxygens (including phenoxy) is 1. The molecular weight excluding hydrogens is 492 g/mol. The molecule has 0 radical (unpaired) electrons. The maximum atomic E-state index is 13.4. The smallest absolute Gasteiger partial charge is 0.268 e. The number of aromatic nitrogens is 3. The number of pyridine rings is 3. The Bertz CT molecular complexity index is 1440. The molecule has 3 N–H and O–H groups in total. The fourth-order valence-corrected chi connectivity index (χ4v) is 5.94. The van der Waals surface area contributed by atoms with Gasteiger partial charge < -0.3 is 15.4 Å². The first-order valence-electron chi connectivity index (χ1n) is 11.9. The predicted octanol–water partition coefficient (Wildman–Crippen LogP) is 3.32. The molecule has 10 nitrogen and oxygen atoms in total. The molecular formula is C26H32N6O4S. The number of hydrogen-bond acceptors (Lipinski definition) is 9. The number of aryl methyl sites for hydroxylation is 1. The molecule has 3 aromatic heterocycles. The third-order valence-corrected chi connectivity index (χ3v) is 7.72. The van der Waals surface area contributed by atoms with Crippen molar-refractivity contribution >= 4 is 27.6 Å². The fraction of sp³-hybridized carbons (Fsp3) is 0.385. The van der Waals surface area contributed by atoms with Crippen LogP contribution in [0.2, 0.25) is 0 Å². The van der Waals surface area contributed by atoms with Crippen molar-refractivity contribution in [2.24, 2.45) is 5.92 Å².